The average Bonchev–Trinajstić information content (AvgIpc) is 3.41. The van der Waals surface area contributed by atoms with Crippen LogP contribution in [0.5, 0.6) is 0 Å². The number of aromatic nitrogens is 2. The molecule has 3 aromatic rings. The van der Waals surface area contributed by atoms with E-state index in [2.05, 4.69) is 15.3 Å². The molecule has 5 rings (SSSR count). The molecule has 0 spiro atoms. The summed E-state index contributed by atoms with van der Waals surface area (Å²) in [6.45, 7) is 3.89. The number of anilines is 1. The van der Waals surface area contributed by atoms with Gasteiger partial charge in [0.1, 0.15) is 5.69 Å². The summed E-state index contributed by atoms with van der Waals surface area (Å²) in [4.78, 5) is 49.6. The van der Waals surface area contributed by atoms with Crippen LogP contribution in [0, 0.1) is 5.92 Å². The third kappa shape index (κ3) is 4.00. The Morgan fingerprint density at radius 1 is 1.12 bits per heavy atom. The fourth-order valence-electron chi connectivity index (χ4n) is 4.45. The second-order valence-corrected chi connectivity index (χ2v) is 9.49. The molecule has 2 aliphatic rings. The van der Waals surface area contributed by atoms with Gasteiger partial charge in [0.15, 0.2) is 5.13 Å². The Morgan fingerprint density at radius 2 is 1.91 bits per heavy atom. The molecule has 2 N–H and O–H groups in total. The van der Waals surface area contributed by atoms with E-state index in [4.69, 9.17) is 0 Å². The number of carbonyl (C=O) groups is 3. The van der Waals surface area contributed by atoms with Gasteiger partial charge < -0.3 is 20.1 Å². The molecule has 4 heterocycles. The first-order valence-corrected chi connectivity index (χ1v) is 11.7. The van der Waals surface area contributed by atoms with Gasteiger partial charge in [0.05, 0.1) is 12.2 Å². The normalized spacial score (nSPS) is 16.8. The number of amides is 3. The van der Waals surface area contributed by atoms with Crippen molar-refractivity contribution in [2.45, 2.75) is 32.7 Å². The molecule has 2 aliphatic heterocycles. The second-order valence-electron chi connectivity index (χ2n) is 8.41. The predicted molar refractivity (Wildman–Crippen MR) is 122 cm³/mol. The van der Waals surface area contributed by atoms with E-state index in [0.717, 1.165) is 21.5 Å². The molecule has 1 fully saturated rings. The highest BCUT2D eigenvalue weighted by atomic mass is 32.1. The fraction of sp³-hybridized carbons (Fsp3) is 0.391. The van der Waals surface area contributed by atoms with Crippen molar-refractivity contribution < 1.29 is 14.4 Å². The van der Waals surface area contributed by atoms with Crippen LogP contribution < -0.4 is 5.32 Å². The van der Waals surface area contributed by atoms with Crippen molar-refractivity contribution in [1.29, 1.82) is 0 Å². The van der Waals surface area contributed by atoms with Crippen molar-refractivity contribution >= 4 is 45.1 Å². The van der Waals surface area contributed by atoms with Crippen molar-refractivity contribution in [3.63, 3.8) is 0 Å². The van der Waals surface area contributed by atoms with Gasteiger partial charge in [-0.2, -0.15) is 0 Å². The number of piperidine rings is 1. The molecule has 8 nitrogen and oxygen atoms in total. The molecule has 0 aliphatic carbocycles. The number of hydrogen-bond acceptors (Lipinski definition) is 5. The SMILES string of the molecule is CC(=O)N1CCC(C(=O)Nc2nc3c(s2)CN(C(=O)c2cc4ccccc4[nH]2)CC3)CC1. The van der Waals surface area contributed by atoms with Crippen molar-refractivity contribution in [3.05, 3.63) is 46.6 Å². The van der Waals surface area contributed by atoms with Crippen LogP contribution in [-0.4, -0.2) is 57.1 Å². The number of aromatic amines is 1. The number of hydrogen-bond donors (Lipinski definition) is 2. The van der Waals surface area contributed by atoms with Gasteiger partial charge in [-0.05, 0) is 25.0 Å². The van der Waals surface area contributed by atoms with Gasteiger partial charge in [0, 0.05) is 54.7 Å². The minimum absolute atomic E-state index is 0.0249. The summed E-state index contributed by atoms with van der Waals surface area (Å²) in [5, 5.41) is 4.57. The lowest BCUT2D eigenvalue weighted by Gasteiger charge is -2.30. The predicted octanol–water partition coefficient (Wildman–Crippen LogP) is 3.02. The Hall–Kier alpha value is -3.20. The first-order chi connectivity index (χ1) is 15.5. The molecule has 9 heteroatoms. The van der Waals surface area contributed by atoms with Crippen LogP contribution in [0.25, 0.3) is 10.9 Å². The summed E-state index contributed by atoms with van der Waals surface area (Å²) < 4.78 is 0. The Balaban J connectivity index is 1.22. The number of likely N-dealkylation sites (tertiary alicyclic amines) is 1. The first-order valence-electron chi connectivity index (χ1n) is 10.9. The molecule has 0 radical (unpaired) electrons. The number of rotatable bonds is 3. The Labute approximate surface area is 189 Å². The topological polar surface area (TPSA) is 98.4 Å². The Morgan fingerprint density at radius 3 is 2.66 bits per heavy atom. The maximum Gasteiger partial charge on any atom is 0.270 e. The van der Waals surface area contributed by atoms with Crippen LogP contribution >= 0.6 is 11.3 Å². The van der Waals surface area contributed by atoms with Gasteiger partial charge in [0.25, 0.3) is 5.91 Å². The van der Waals surface area contributed by atoms with Crippen LogP contribution in [0.15, 0.2) is 30.3 Å². The summed E-state index contributed by atoms with van der Waals surface area (Å²) in [5.41, 5.74) is 2.49. The molecule has 1 aromatic carbocycles. The van der Waals surface area contributed by atoms with Crippen LogP contribution in [-0.2, 0) is 22.6 Å². The smallest absolute Gasteiger partial charge is 0.270 e. The number of benzene rings is 1. The highest BCUT2D eigenvalue weighted by Crippen LogP contribution is 2.30. The van der Waals surface area contributed by atoms with E-state index in [1.807, 2.05) is 35.2 Å². The largest absolute Gasteiger partial charge is 0.351 e. The van der Waals surface area contributed by atoms with E-state index in [9.17, 15) is 14.4 Å². The average molecular weight is 452 g/mol. The summed E-state index contributed by atoms with van der Waals surface area (Å²) >= 11 is 1.44. The molecule has 3 amide bonds. The molecule has 0 atom stereocenters. The molecule has 0 unspecified atom stereocenters. The standard InChI is InChI=1S/C23H25N5O3S/c1-14(29)27-9-6-15(7-10-27)21(30)26-23-25-18-8-11-28(13-20(18)32-23)22(31)19-12-16-4-2-3-5-17(16)24-19/h2-5,12,15,24H,6-11,13H2,1H3,(H,25,26,30). The summed E-state index contributed by atoms with van der Waals surface area (Å²) in [6, 6.07) is 9.74. The molecular weight excluding hydrogens is 426 g/mol. The zero-order chi connectivity index (χ0) is 22.2. The Bertz CT molecular complexity index is 1160. The highest BCUT2D eigenvalue weighted by Gasteiger charge is 2.29. The van der Waals surface area contributed by atoms with E-state index in [0.29, 0.717) is 56.3 Å². The quantitative estimate of drug-likeness (QED) is 0.640. The lowest BCUT2D eigenvalue weighted by atomic mass is 9.96. The Kier molecular flexibility index (Phi) is 5.42. The molecular formula is C23H25N5O3S. The highest BCUT2D eigenvalue weighted by molar-refractivity contribution is 7.15. The van der Waals surface area contributed by atoms with Gasteiger partial charge in [-0.25, -0.2) is 4.98 Å². The van der Waals surface area contributed by atoms with Gasteiger partial charge in [-0.3, -0.25) is 14.4 Å². The number of H-pyrrole nitrogens is 1. The number of para-hydroxylation sites is 1. The third-order valence-electron chi connectivity index (χ3n) is 6.32. The zero-order valence-corrected chi connectivity index (χ0v) is 18.7. The zero-order valence-electron chi connectivity index (χ0n) is 17.9. The van der Waals surface area contributed by atoms with Gasteiger partial charge in [-0.1, -0.05) is 29.5 Å². The van der Waals surface area contributed by atoms with Crippen LogP contribution in [0.4, 0.5) is 5.13 Å². The lowest BCUT2D eigenvalue weighted by molar-refractivity contribution is -0.132. The lowest BCUT2D eigenvalue weighted by Crippen LogP contribution is -2.40. The monoisotopic (exact) mass is 451 g/mol. The van der Waals surface area contributed by atoms with E-state index < -0.39 is 0 Å². The first kappa shape index (κ1) is 20.7. The minimum Gasteiger partial charge on any atom is -0.351 e. The summed E-state index contributed by atoms with van der Waals surface area (Å²) in [6.07, 6.45) is 2.01. The van der Waals surface area contributed by atoms with Crippen LogP contribution in [0.1, 0.15) is 40.8 Å². The molecule has 32 heavy (non-hydrogen) atoms. The van der Waals surface area contributed by atoms with E-state index in [-0.39, 0.29) is 23.6 Å². The van der Waals surface area contributed by atoms with E-state index in [1.165, 1.54) is 11.3 Å². The second kappa shape index (κ2) is 8.38. The molecule has 2 aromatic heterocycles. The summed E-state index contributed by atoms with van der Waals surface area (Å²) in [5.74, 6) is -0.108. The molecule has 0 saturated carbocycles. The number of carbonyl (C=O) groups excluding carboxylic acids is 3. The third-order valence-corrected chi connectivity index (χ3v) is 7.32. The number of fused-ring (bicyclic) bond motifs is 2. The number of nitrogens with zero attached hydrogens (tertiary/aromatic N) is 3. The summed E-state index contributed by atoms with van der Waals surface area (Å²) in [7, 11) is 0. The van der Waals surface area contributed by atoms with Gasteiger partial charge >= 0.3 is 0 Å². The molecule has 0 bridgehead atoms. The van der Waals surface area contributed by atoms with Crippen molar-refractivity contribution in [1.82, 2.24) is 19.8 Å². The van der Waals surface area contributed by atoms with E-state index in [1.54, 1.807) is 11.8 Å². The van der Waals surface area contributed by atoms with Gasteiger partial charge in [0.2, 0.25) is 11.8 Å². The number of thiazole rings is 1. The van der Waals surface area contributed by atoms with Gasteiger partial charge in [-0.15, -0.1) is 0 Å². The van der Waals surface area contributed by atoms with E-state index >= 15 is 0 Å². The maximum absolute atomic E-state index is 13.0. The maximum atomic E-state index is 13.0. The number of nitrogens with one attached hydrogen (secondary N) is 2. The van der Waals surface area contributed by atoms with Crippen molar-refractivity contribution in [3.8, 4) is 0 Å². The molecule has 1 saturated heterocycles. The fourth-order valence-corrected chi connectivity index (χ4v) is 5.47. The minimum atomic E-state index is -0.105. The van der Waals surface area contributed by atoms with Crippen molar-refractivity contribution in [2.75, 3.05) is 25.0 Å². The molecule has 166 valence electrons. The van der Waals surface area contributed by atoms with Crippen LogP contribution in [0.2, 0.25) is 0 Å². The van der Waals surface area contributed by atoms with Crippen molar-refractivity contribution in [2.24, 2.45) is 5.92 Å². The van der Waals surface area contributed by atoms with Crippen LogP contribution in [0.3, 0.4) is 0 Å².